The zero-order chi connectivity index (χ0) is 13.8. The molecule has 2 aliphatic rings. The highest BCUT2D eigenvalue weighted by Gasteiger charge is 2.33. The number of carbonyl (C=O) groups is 3. The summed E-state index contributed by atoms with van der Waals surface area (Å²) in [6, 6.07) is 0. The molecule has 0 aromatic rings. The van der Waals surface area contributed by atoms with Gasteiger partial charge in [0.15, 0.2) is 0 Å². The highest BCUT2D eigenvalue weighted by molar-refractivity contribution is 8.00. The second kappa shape index (κ2) is 6.27. The van der Waals surface area contributed by atoms with Crippen molar-refractivity contribution in [2.75, 3.05) is 24.7 Å². The Labute approximate surface area is 115 Å². The van der Waals surface area contributed by atoms with Gasteiger partial charge in [-0.1, -0.05) is 6.42 Å². The Morgan fingerprint density at radius 1 is 1.42 bits per heavy atom. The molecule has 2 atom stereocenters. The lowest BCUT2D eigenvalue weighted by Crippen LogP contribution is -2.40. The van der Waals surface area contributed by atoms with Gasteiger partial charge < -0.3 is 15.3 Å². The van der Waals surface area contributed by atoms with Crippen LogP contribution in [0.25, 0.3) is 0 Å². The average molecular weight is 286 g/mol. The van der Waals surface area contributed by atoms with Gasteiger partial charge >= 0.3 is 5.97 Å². The molecule has 1 aliphatic heterocycles. The summed E-state index contributed by atoms with van der Waals surface area (Å²) < 4.78 is 0. The SMILES string of the molecule is O=C(CN1CSCC1=O)NCC1CCCC1C(=O)O. The average Bonchev–Trinajstić information content (AvgIpc) is 2.96. The van der Waals surface area contributed by atoms with Gasteiger partial charge in [0.2, 0.25) is 11.8 Å². The molecule has 0 aromatic heterocycles. The van der Waals surface area contributed by atoms with E-state index in [0.717, 1.165) is 12.8 Å². The van der Waals surface area contributed by atoms with E-state index in [1.54, 1.807) is 0 Å². The Kier molecular flexibility index (Phi) is 4.68. The summed E-state index contributed by atoms with van der Waals surface area (Å²) in [5.41, 5.74) is 0. The van der Waals surface area contributed by atoms with Crippen molar-refractivity contribution in [1.82, 2.24) is 10.2 Å². The molecule has 2 N–H and O–H groups in total. The van der Waals surface area contributed by atoms with Gasteiger partial charge in [-0.3, -0.25) is 14.4 Å². The number of carboxylic acids is 1. The first-order chi connectivity index (χ1) is 9.08. The van der Waals surface area contributed by atoms with Gasteiger partial charge in [0, 0.05) is 6.54 Å². The highest BCUT2D eigenvalue weighted by atomic mass is 32.2. The summed E-state index contributed by atoms with van der Waals surface area (Å²) in [5, 5.41) is 11.8. The van der Waals surface area contributed by atoms with E-state index < -0.39 is 5.97 Å². The lowest BCUT2D eigenvalue weighted by Gasteiger charge is -2.18. The topological polar surface area (TPSA) is 86.7 Å². The van der Waals surface area contributed by atoms with E-state index in [1.165, 1.54) is 16.7 Å². The minimum atomic E-state index is -0.775. The molecule has 1 aliphatic carbocycles. The monoisotopic (exact) mass is 286 g/mol. The number of nitrogens with one attached hydrogen (secondary N) is 1. The van der Waals surface area contributed by atoms with Crippen LogP contribution in [0.1, 0.15) is 19.3 Å². The largest absolute Gasteiger partial charge is 0.481 e. The van der Waals surface area contributed by atoms with Crippen molar-refractivity contribution in [2.45, 2.75) is 19.3 Å². The minimum Gasteiger partial charge on any atom is -0.481 e. The third-order valence-electron chi connectivity index (χ3n) is 3.70. The standard InChI is InChI=1S/C12H18N2O4S/c15-10(5-14-7-19-6-11(14)16)13-4-8-2-1-3-9(8)12(17)18/h8-9H,1-7H2,(H,13,15)(H,17,18). The third-order valence-corrected chi connectivity index (χ3v) is 4.64. The molecule has 2 rings (SSSR count). The van der Waals surface area contributed by atoms with E-state index in [4.69, 9.17) is 5.11 Å². The summed E-state index contributed by atoms with van der Waals surface area (Å²) in [7, 11) is 0. The molecule has 0 radical (unpaired) electrons. The van der Waals surface area contributed by atoms with Crippen LogP contribution in [0.2, 0.25) is 0 Å². The molecule has 1 heterocycles. The number of carboxylic acid groups (broad SMARTS) is 1. The second-order valence-electron chi connectivity index (χ2n) is 5.01. The van der Waals surface area contributed by atoms with Crippen LogP contribution in [0, 0.1) is 11.8 Å². The fraction of sp³-hybridized carbons (Fsp3) is 0.750. The Morgan fingerprint density at radius 3 is 2.84 bits per heavy atom. The molecule has 2 fully saturated rings. The molecule has 106 valence electrons. The van der Waals surface area contributed by atoms with Gasteiger partial charge in [-0.15, -0.1) is 11.8 Å². The molecular formula is C12H18N2O4S. The van der Waals surface area contributed by atoms with Crippen molar-refractivity contribution in [3.05, 3.63) is 0 Å². The van der Waals surface area contributed by atoms with Gasteiger partial charge in [-0.05, 0) is 18.8 Å². The Bertz CT molecular complexity index is 388. The molecule has 2 amide bonds. The van der Waals surface area contributed by atoms with Crippen LogP contribution in [-0.4, -0.2) is 52.5 Å². The summed E-state index contributed by atoms with van der Waals surface area (Å²) in [5.74, 6) is -0.307. The summed E-state index contributed by atoms with van der Waals surface area (Å²) in [6.07, 6.45) is 2.44. The van der Waals surface area contributed by atoms with Gasteiger partial charge in [0.05, 0.1) is 17.5 Å². The number of rotatable bonds is 5. The maximum atomic E-state index is 11.7. The summed E-state index contributed by atoms with van der Waals surface area (Å²) in [6.45, 7) is 0.473. The quantitative estimate of drug-likeness (QED) is 0.750. The van der Waals surface area contributed by atoms with Crippen molar-refractivity contribution in [1.29, 1.82) is 0 Å². The number of aliphatic carboxylic acids is 1. The number of nitrogens with zero attached hydrogens (tertiary/aromatic N) is 1. The zero-order valence-corrected chi connectivity index (χ0v) is 11.4. The van der Waals surface area contributed by atoms with E-state index in [9.17, 15) is 14.4 Å². The van der Waals surface area contributed by atoms with Crippen LogP contribution in [-0.2, 0) is 14.4 Å². The second-order valence-corrected chi connectivity index (χ2v) is 5.96. The van der Waals surface area contributed by atoms with Crippen LogP contribution in [0.4, 0.5) is 0 Å². The fourth-order valence-corrected chi connectivity index (χ4v) is 3.52. The van der Waals surface area contributed by atoms with Crippen LogP contribution in [0.15, 0.2) is 0 Å². The third kappa shape index (κ3) is 3.62. The maximum Gasteiger partial charge on any atom is 0.306 e. The van der Waals surface area contributed by atoms with Crippen LogP contribution in [0.3, 0.4) is 0 Å². The molecule has 0 aromatic carbocycles. The maximum absolute atomic E-state index is 11.7. The fourth-order valence-electron chi connectivity index (χ4n) is 2.62. The predicted molar refractivity (Wildman–Crippen MR) is 70.5 cm³/mol. The van der Waals surface area contributed by atoms with Gasteiger partial charge in [0.25, 0.3) is 0 Å². The molecule has 2 unspecified atom stereocenters. The molecule has 1 saturated heterocycles. The first kappa shape index (κ1) is 14.2. The van der Waals surface area contributed by atoms with Gasteiger partial charge in [0.1, 0.15) is 6.54 Å². The van der Waals surface area contributed by atoms with E-state index in [-0.39, 0.29) is 30.2 Å². The van der Waals surface area contributed by atoms with E-state index in [1.807, 2.05) is 0 Å². The first-order valence-corrected chi connectivity index (χ1v) is 7.58. The molecule has 1 saturated carbocycles. The number of hydrogen-bond acceptors (Lipinski definition) is 4. The van der Waals surface area contributed by atoms with E-state index >= 15 is 0 Å². The summed E-state index contributed by atoms with van der Waals surface area (Å²) in [4.78, 5) is 35.6. The van der Waals surface area contributed by atoms with Crippen molar-refractivity contribution in [3.8, 4) is 0 Å². The summed E-state index contributed by atoms with van der Waals surface area (Å²) >= 11 is 1.50. The number of carbonyl (C=O) groups excluding carboxylic acids is 2. The molecular weight excluding hydrogens is 268 g/mol. The molecule has 6 nitrogen and oxygen atoms in total. The lowest BCUT2D eigenvalue weighted by atomic mass is 9.96. The zero-order valence-electron chi connectivity index (χ0n) is 10.6. The van der Waals surface area contributed by atoms with Crippen molar-refractivity contribution in [3.63, 3.8) is 0 Å². The van der Waals surface area contributed by atoms with Crippen LogP contribution < -0.4 is 5.32 Å². The Morgan fingerprint density at radius 2 is 2.21 bits per heavy atom. The number of thioether (sulfide) groups is 1. The van der Waals surface area contributed by atoms with Crippen molar-refractivity contribution < 1.29 is 19.5 Å². The molecule has 19 heavy (non-hydrogen) atoms. The highest BCUT2D eigenvalue weighted by Crippen LogP contribution is 2.31. The van der Waals surface area contributed by atoms with Crippen molar-refractivity contribution in [2.24, 2.45) is 11.8 Å². The van der Waals surface area contributed by atoms with E-state index in [2.05, 4.69) is 5.32 Å². The molecule has 0 bridgehead atoms. The van der Waals surface area contributed by atoms with Crippen LogP contribution in [0.5, 0.6) is 0 Å². The van der Waals surface area contributed by atoms with Gasteiger partial charge in [-0.25, -0.2) is 0 Å². The molecule has 0 spiro atoms. The minimum absolute atomic E-state index is 0.00979. The Balaban J connectivity index is 1.74. The van der Waals surface area contributed by atoms with E-state index in [0.29, 0.717) is 24.6 Å². The molecule has 7 heteroatoms. The van der Waals surface area contributed by atoms with Crippen molar-refractivity contribution >= 4 is 29.5 Å². The Hall–Kier alpha value is -1.24. The lowest BCUT2D eigenvalue weighted by molar-refractivity contribution is -0.143. The first-order valence-electron chi connectivity index (χ1n) is 6.43. The predicted octanol–water partition coefficient (Wildman–Crippen LogP) is 0.136. The number of hydrogen-bond donors (Lipinski definition) is 2. The van der Waals surface area contributed by atoms with Gasteiger partial charge in [-0.2, -0.15) is 0 Å². The smallest absolute Gasteiger partial charge is 0.306 e. The normalized spacial score (nSPS) is 26.7. The number of amides is 2. The van der Waals surface area contributed by atoms with Crippen LogP contribution >= 0.6 is 11.8 Å².